The molecule has 1 aromatic carbocycles. The Labute approximate surface area is 127 Å². The Balaban J connectivity index is 2.33. The van der Waals surface area contributed by atoms with Crippen molar-refractivity contribution in [2.24, 2.45) is 5.92 Å². The Morgan fingerprint density at radius 2 is 1.74 bits per heavy atom. The van der Waals surface area contributed by atoms with Gasteiger partial charge in [0.05, 0.1) is 0 Å². The van der Waals surface area contributed by atoms with E-state index in [0.717, 1.165) is 12.5 Å². The van der Waals surface area contributed by atoms with Gasteiger partial charge in [0.2, 0.25) is 0 Å². The van der Waals surface area contributed by atoms with E-state index < -0.39 is 0 Å². The molecule has 0 aliphatic heterocycles. The zero-order valence-electron chi connectivity index (χ0n) is 12.4. The molecule has 2 heteroatoms. The summed E-state index contributed by atoms with van der Waals surface area (Å²) in [6, 6.07) is 8.77. The van der Waals surface area contributed by atoms with Gasteiger partial charge in [-0.15, -0.1) is 0 Å². The van der Waals surface area contributed by atoms with Gasteiger partial charge in [-0.25, -0.2) is 0 Å². The second kappa shape index (κ2) is 10.4. The lowest BCUT2D eigenvalue weighted by Gasteiger charge is -2.16. The maximum absolute atomic E-state index is 3.50. The van der Waals surface area contributed by atoms with Gasteiger partial charge in [-0.2, -0.15) is 0 Å². The summed E-state index contributed by atoms with van der Waals surface area (Å²) < 4.78 is 1.17. The molecule has 19 heavy (non-hydrogen) atoms. The zero-order valence-corrected chi connectivity index (χ0v) is 14.0. The van der Waals surface area contributed by atoms with Crippen molar-refractivity contribution >= 4 is 15.9 Å². The summed E-state index contributed by atoms with van der Waals surface area (Å²) in [5, 5.41) is 3.34. The molecule has 1 N–H and O–H groups in total. The van der Waals surface area contributed by atoms with E-state index in [-0.39, 0.29) is 0 Å². The number of halogens is 1. The number of hydrogen-bond acceptors (Lipinski definition) is 1. The van der Waals surface area contributed by atoms with Crippen LogP contribution in [0.15, 0.2) is 28.7 Å². The van der Waals surface area contributed by atoms with Crippen LogP contribution in [0.1, 0.15) is 51.0 Å². The first kappa shape index (κ1) is 16.7. The molecule has 0 aliphatic carbocycles. The molecule has 0 aliphatic rings. The maximum Gasteiger partial charge on any atom is 0.0175 e. The van der Waals surface area contributed by atoms with E-state index in [9.17, 15) is 0 Å². The molecule has 0 saturated heterocycles. The topological polar surface area (TPSA) is 12.0 Å². The molecule has 0 fully saturated rings. The maximum atomic E-state index is 3.50. The number of nitrogens with one attached hydrogen (secondary N) is 1. The molecule has 0 bridgehead atoms. The van der Waals surface area contributed by atoms with Crippen LogP contribution in [0.2, 0.25) is 0 Å². The molecule has 1 rings (SSSR count). The first-order valence-corrected chi connectivity index (χ1v) is 8.44. The van der Waals surface area contributed by atoms with Crippen molar-refractivity contribution in [3.8, 4) is 0 Å². The largest absolute Gasteiger partial charge is 0.319 e. The predicted molar refractivity (Wildman–Crippen MR) is 88.6 cm³/mol. The minimum atomic E-state index is 0.771. The molecule has 1 aromatic rings. The quantitative estimate of drug-likeness (QED) is 0.584. The monoisotopic (exact) mass is 325 g/mol. The SMILES string of the molecule is CCCCCCCC(CNC)Cc1ccc(Br)cc1. The Morgan fingerprint density at radius 1 is 1.05 bits per heavy atom. The zero-order chi connectivity index (χ0) is 13.9. The Morgan fingerprint density at radius 3 is 2.37 bits per heavy atom. The van der Waals surface area contributed by atoms with E-state index in [4.69, 9.17) is 0 Å². The summed E-state index contributed by atoms with van der Waals surface area (Å²) in [5.74, 6) is 0.771. The molecule has 0 radical (unpaired) electrons. The highest BCUT2D eigenvalue weighted by Crippen LogP contribution is 2.18. The lowest BCUT2D eigenvalue weighted by molar-refractivity contribution is 0.433. The molecular weight excluding hydrogens is 298 g/mol. The molecule has 1 unspecified atom stereocenters. The van der Waals surface area contributed by atoms with Crippen molar-refractivity contribution < 1.29 is 0 Å². The normalized spacial score (nSPS) is 12.6. The van der Waals surface area contributed by atoms with Gasteiger partial charge in [-0.1, -0.05) is 67.1 Å². The first-order valence-electron chi connectivity index (χ1n) is 7.65. The smallest absolute Gasteiger partial charge is 0.0175 e. The van der Waals surface area contributed by atoms with Crippen LogP contribution < -0.4 is 5.32 Å². The Bertz CT molecular complexity index is 321. The van der Waals surface area contributed by atoms with E-state index in [1.54, 1.807) is 0 Å². The van der Waals surface area contributed by atoms with E-state index in [1.807, 2.05) is 0 Å². The summed E-state index contributed by atoms with van der Waals surface area (Å²) in [6.45, 7) is 3.40. The highest BCUT2D eigenvalue weighted by molar-refractivity contribution is 9.10. The van der Waals surface area contributed by atoms with Crippen LogP contribution in [0.3, 0.4) is 0 Å². The predicted octanol–water partition coefficient (Wildman–Crippen LogP) is 5.19. The summed E-state index contributed by atoms with van der Waals surface area (Å²) >= 11 is 3.50. The summed E-state index contributed by atoms with van der Waals surface area (Å²) in [7, 11) is 2.06. The molecule has 0 saturated carbocycles. The third-order valence-corrected chi connectivity index (χ3v) is 4.18. The van der Waals surface area contributed by atoms with E-state index in [0.29, 0.717) is 0 Å². The number of hydrogen-bond donors (Lipinski definition) is 1. The van der Waals surface area contributed by atoms with Crippen molar-refractivity contribution in [3.05, 3.63) is 34.3 Å². The summed E-state index contributed by atoms with van der Waals surface area (Å²) in [6.07, 6.45) is 9.45. The first-order chi connectivity index (χ1) is 9.26. The number of rotatable bonds is 10. The van der Waals surface area contributed by atoms with Gasteiger partial charge in [0.15, 0.2) is 0 Å². The Kier molecular flexibility index (Phi) is 9.19. The molecule has 0 heterocycles. The molecular formula is C17H28BrN. The van der Waals surface area contributed by atoms with Gasteiger partial charge in [-0.05, 0) is 50.0 Å². The number of benzene rings is 1. The van der Waals surface area contributed by atoms with Gasteiger partial charge in [0.25, 0.3) is 0 Å². The van der Waals surface area contributed by atoms with Crippen molar-refractivity contribution in [1.29, 1.82) is 0 Å². The molecule has 108 valence electrons. The molecule has 0 amide bonds. The fraction of sp³-hybridized carbons (Fsp3) is 0.647. The summed E-state index contributed by atoms with van der Waals surface area (Å²) in [4.78, 5) is 0. The van der Waals surface area contributed by atoms with E-state index >= 15 is 0 Å². The minimum absolute atomic E-state index is 0.771. The highest BCUT2D eigenvalue weighted by atomic mass is 79.9. The van der Waals surface area contributed by atoms with Crippen molar-refractivity contribution in [2.45, 2.75) is 51.9 Å². The fourth-order valence-electron chi connectivity index (χ4n) is 2.56. The average Bonchev–Trinajstić information content (AvgIpc) is 2.41. The van der Waals surface area contributed by atoms with E-state index in [2.05, 4.69) is 59.5 Å². The van der Waals surface area contributed by atoms with Crippen LogP contribution >= 0.6 is 15.9 Å². The van der Waals surface area contributed by atoms with Crippen molar-refractivity contribution in [1.82, 2.24) is 5.32 Å². The third-order valence-electron chi connectivity index (χ3n) is 3.65. The standard InChI is InChI=1S/C17H28BrN/c1-3-4-5-6-7-8-16(14-19-2)13-15-9-11-17(18)12-10-15/h9-12,16,19H,3-8,13-14H2,1-2H3. The van der Waals surface area contributed by atoms with Crippen LogP contribution in [0.4, 0.5) is 0 Å². The highest BCUT2D eigenvalue weighted by Gasteiger charge is 2.08. The van der Waals surface area contributed by atoms with Crippen molar-refractivity contribution in [3.63, 3.8) is 0 Å². The van der Waals surface area contributed by atoms with Gasteiger partial charge in [0, 0.05) is 4.47 Å². The average molecular weight is 326 g/mol. The second-order valence-corrected chi connectivity index (χ2v) is 6.37. The fourth-order valence-corrected chi connectivity index (χ4v) is 2.82. The lowest BCUT2D eigenvalue weighted by atomic mass is 9.93. The van der Waals surface area contributed by atoms with Gasteiger partial charge >= 0.3 is 0 Å². The molecule has 1 atom stereocenters. The minimum Gasteiger partial charge on any atom is -0.319 e. The van der Waals surface area contributed by atoms with Crippen molar-refractivity contribution in [2.75, 3.05) is 13.6 Å². The summed E-state index contributed by atoms with van der Waals surface area (Å²) in [5.41, 5.74) is 1.46. The van der Waals surface area contributed by atoms with Crippen LogP contribution in [0.5, 0.6) is 0 Å². The van der Waals surface area contributed by atoms with Gasteiger partial charge < -0.3 is 5.32 Å². The van der Waals surface area contributed by atoms with Gasteiger partial charge in [0.1, 0.15) is 0 Å². The van der Waals surface area contributed by atoms with Gasteiger partial charge in [-0.3, -0.25) is 0 Å². The third kappa shape index (κ3) is 7.74. The van der Waals surface area contributed by atoms with Crippen LogP contribution in [-0.2, 0) is 6.42 Å². The van der Waals surface area contributed by atoms with Crippen LogP contribution in [0.25, 0.3) is 0 Å². The Hall–Kier alpha value is -0.340. The molecule has 1 nitrogen and oxygen atoms in total. The van der Waals surface area contributed by atoms with E-state index in [1.165, 1.54) is 55.0 Å². The second-order valence-electron chi connectivity index (χ2n) is 5.46. The number of unbranched alkanes of at least 4 members (excludes halogenated alkanes) is 4. The lowest BCUT2D eigenvalue weighted by Crippen LogP contribution is -2.20. The molecule has 0 aromatic heterocycles. The van der Waals surface area contributed by atoms with Crippen LogP contribution in [-0.4, -0.2) is 13.6 Å². The molecule has 0 spiro atoms. The van der Waals surface area contributed by atoms with Crippen LogP contribution in [0, 0.1) is 5.92 Å².